The van der Waals surface area contributed by atoms with Gasteiger partial charge in [0.1, 0.15) is 0 Å². The van der Waals surface area contributed by atoms with Crippen molar-refractivity contribution >= 4 is 23.7 Å². The number of hydrogen-bond acceptors (Lipinski definition) is 8. The van der Waals surface area contributed by atoms with Crippen molar-refractivity contribution in [1.29, 1.82) is 0 Å². The predicted molar refractivity (Wildman–Crippen MR) is 227 cm³/mol. The van der Waals surface area contributed by atoms with Crippen molar-refractivity contribution in [3.05, 3.63) is 35.5 Å². The Morgan fingerprint density at radius 2 is 1.67 bits per heavy atom. The highest BCUT2D eigenvalue weighted by atomic mass is 16.7. The Kier molecular flexibility index (Phi) is 22.0. The Morgan fingerprint density at radius 1 is 0.982 bits per heavy atom. The van der Waals surface area contributed by atoms with E-state index in [9.17, 15) is 24.3 Å². The first kappa shape index (κ1) is 50.3. The molecule has 6 atom stereocenters. The van der Waals surface area contributed by atoms with Crippen molar-refractivity contribution in [1.82, 2.24) is 10.4 Å². The Hall–Kier alpha value is -2.82. The molecule has 4 fully saturated rings. The second kappa shape index (κ2) is 25.0. The van der Waals surface area contributed by atoms with E-state index in [1.165, 1.54) is 49.7 Å². The quantitative estimate of drug-likeness (QED) is 0.0920. The van der Waals surface area contributed by atoms with Crippen LogP contribution in [0.5, 0.6) is 0 Å². The van der Waals surface area contributed by atoms with Crippen molar-refractivity contribution < 1.29 is 39.0 Å². The van der Waals surface area contributed by atoms with E-state index in [0.717, 1.165) is 44.4 Å². The van der Waals surface area contributed by atoms with Gasteiger partial charge >= 0.3 is 5.97 Å². The molecule has 57 heavy (non-hydrogen) atoms. The average molecular weight is 801 g/mol. The van der Waals surface area contributed by atoms with Crippen molar-refractivity contribution in [2.45, 2.75) is 183 Å². The monoisotopic (exact) mass is 801 g/mol. The van der Waals surface area contributed by atoms with Crippen LogP contribution in [-0.4, -0.2) is 70.4 Å². The number of imide groups is 1. The lowest BCUT2D eigenvalue weighted by Crippen LogP contribution is -2.36. The average Bonchev–Trinajstić information content (AvgIpc) is 3.68. The molecule has 3 saturated carbocycles. The summed E-state index contributed by atoms with van der Waals surface area (Å²) in [4.78, 5) is 50.1. The Labute approximate surface area is 345 Å². The SMILES string of the molecule is C=C1CC[C@H](OCCCNC(=O)C(C)CCO)C/C1=C/C=C1\CCCC2(C)C1CCC2[C@H](C)CCCC(C)(C)O.CC.CC(C)CCC(=O)ON1C(=O)CCC1=O. The fourth-order valence-electron chi connectivity index (χ4n) is 9.04. The van der Waals surface area contributed by atoms with Gasteiger partial charge in [-0.15, -0.1) is 5.06 Å². The molecule has 326 valence electrons. The van der Waals surface area contributed by atoms with Crippen LogP contribution >= 0.6 is 0 Å². The molecular formula is C47H80N2O8. The lowest BCUT2D eigenvalue weighted by atomic mass is 9.60. The lowest BCUT2D eigenvalue weighted by molar-refractivity contribution is -0.197. The lowest BCUT2D eigenvalue weighted by Gasteiger charge is -2.44. The predicted octanol–water partition coefficient (Wildman–Crippen LogP) is 9.34. The molecule has 3 aliphatic carbocycles. The van der Waals surface area contributed by atoms with E-state index >= 15 is 0 Å². The molecular weight excluding hydrogens is 721 g/mol. The molecule has 10 heteroatoms. The Balaban J connectivity index is 0.000000550. The molecule has 0 radical (unpaired) electrons. The van der Waals surface area contributed by atoms with Gasteiger partial charge in [-0.25, -0.2) is 4.79 Å². The molecule has 0 aromatic rings. The third kappa shape index (κ3) is 16.8. The number of aliphatic hydroxyl groups excluding tert-OH is 1. The largest absolute Gasteiger partial charge is 0.396 e. The van der Waals surface area contributed by atoms with Gasteiger partial charge in [0, 0.05) is 44.9 Å². The van der Waals surface area contributed by atoms with E-state index < -0.39 is 23.4 Å². The van der Waals surface area contributed by atoms with E-state index in [1.54, 1.807) is 5.57 Å². The minimum absolute atomic E-state index is 0.00821. The van der Waals surface area contributed by atoms with E-state index in [1.807, 2.05) is 48.5 Å². The normalized spacial score (nSPS) is 26.1. The molecule has 0 spiro atoms. The maximum atomic E-state index is 12.0. The fourth-order valence-corrected chi connectivity index (χ4v) is 9.04. The van der Waals surface area contributed by atoms with Crippen LogP contribution < -0.4 is 5.32 Å². The highest BCUT2D eigenvalue weighted by Crippen LogP contribution is 2.60. The number of allylic oxidation sites excluding steroid dienone is 4. The molecule has 10 nitrogen and oxygen atoms in total. The van der Waals surface area contributed by atoms with Crippen LogP contribution in [0.3, 0.4) is 0 Å². The molecule has 4 unspecified atom stereocenters. The summed E-state index contributed by atoms with van der Waals surface area (Å²) in [5.74, 6) is 1.05. The van der Waals surface area contributed by atoms with Crippen LogP contribution in [0.25, 0.3) is 0 Å². The van der Waals surface area contributed by atoms with Gasteiger partial charge in [-0.1, -0.05) is 91.2 Å². The molecule has 4 aliphatic rings. The number of hydroxylamine groups is 2. The van der Waals surface area contributed by atoms with Crippen molar-refractivity contribution in [2.24, 2.45) is 35.0 Å². The van der Waals surface area contributed by atoms with Crippen molar-refractivity contribution in [3.8, 4) is 0 Å². The molecule has 0 aromatic heterocycles. The summed E-state index contributed by atoms with van der Waals surface area (Å²) in [6.45, 7) is 24.4. The number of carbonyl (C=O) groups is 4. The molecule has 0 aromatic carbocycles. The summed E-state index contributed by atoms with van der Waals surface area (Å²) in [6, 6.07) is 0. The summed E-state index contributed by atoms with van der Waals surface area (Å²) in [6.07, 6.45) is 20.2. The third-order valence-electron chi connectivity index (χ3n) is 12.4. The van der Waals surface area contributed by atoms with Gasteiger partial charge in [0.2, 0.25) is 5.91 Å². The zero-order valence-electron chi connectivity index (χ0n) is 37.3. The standard InChI is InChI=1S/C35H59NO4.C10H15NO4.C2H6/c1-25-12-15-30(40-23-9-21-36-33(38)27(3)18-22-37)24-29(25)14-13-28-11-8-20-35(6)31(16-17-32(28)35)26(2)10-7-19-34(4,5)39;1-7(2)3-6-10(14)15-11-8(12)4-5-9(11)13;1-2/h13-14,26-27,30-32,37,39H,1,7-12,15-24H2,2-6H3,(H,36,38);7H,3-6H2,1-2H3;1-2H3/b28-13+,29-14-;;/t26-,27?,30+,31?,32?,35?;;/m1../s1. The number of amides is 3. The summed E-state index contributed by atoms with van der Waals surface area (Å²) in [5.41, 5.74) is 4.09. The Morgan fingerprint density at radius 3 is 2.30 bits per heavy atom. The third-order valence-corrected chi connectivity index (χ3v) is 12.4. The summed E-state index contributed by atoms with van der Waals surface area (Å²) >= 11 is 0. The van der Waals surface area contributed by atoms with Crippen LogP contribution in [0, 0.1) is 35.0 Å². The zero-order chi connectivity index (χ0) is 42.8. The van der Waals surface area contributed by atoms with Crippen LogP contribution in [0.1, 0.15) is 171 Å². The summed E-state index contributed by atoms with van der Waals surface area (Å²) in [7, 11) is 0. The van der Waals surface area contributed by atoms with Crippen molar-refractivity contribution in [2.75, 3.05) is 19.8 Å². The van der Waals surface area contributed by atoms with E-state index in [0.29, 0.717) is 54.2 Å². The number of ether oxygens (including phenoxy) is 1. The zero-order valence-corrected chi connectivity index (χ0v) is 37.3. The Bertz CT molecular complexity index is 1350. The first-order valence-corrected chi connectivity index (χ1v) is 22.3. The number of carbonyl (C=O) groups excluding carboxylic acids is 4. The van der Waals surface area contributed by atoms with Crippen LogP contribution in [-0.2, 0) is 28.8 Å². The van der Waals surface area contributed by atoms with Gasteiger partial charge < -0.3 is 25.1 Å². The molecule has 1 aliphatic heterocycles. The summed E-state index contributed by atoms with van der Waals surface area (Å²) < 4.78 is 6.21. The molecule has 1 saturated heterocycles. The van der Waals surface area contributed by atoms with Gasteiger partial charge in [-0.05, 0) is 126 Å². The van der Waals surface area contributed by atoms with E-state index in [-0.39, 0.29) is 43.8 Å². The van der Waals surface area contributed by atoms with Gasteiger partial charge in [0.15, 0.2) is 0 Å². The molecule has 0 bridgehead atoms. The number of hydrogen-bond donors (Lipinski definition) is 3. The minimum atomic E-state index is -0.555. The smallest absolute Gasteiger partial charge is 0.333 e. The van der Waals surface area contributed by atoms with Gasteiger partial charge in [0.05, 0.1) is 11.7 Å². The number of fused-ring (bicyclic) bond motifs is 1. The van der Waals surface area contributed by atoms with Crippen molar-refractivity contribution in [3.63, 3.8) is 0 Å². The molecule has 3 N–H and O–H groups in total. The first-order chi connectivity index (χ1) is 26.9. The van der Waals surface area contributed by atoms with E-state index in [4.69, 9.17) is 9.84 Å². The van der Waals surface area contributed by atoms with Gasteiger partial charge in [-0.2, -0.15) is 0 Å². The van der Waals surface area contributed by atoms with Gasteiger partial charge in [0.25, 0.3) is 11.8 Å². The second-order valence-electron chi connectivity index (χ2n) is 18.1. The number of nitrogens with zero attached hydrogens (tertiary/aromatic N) is 1. The highest BCUT2D eigenvalue weighted by molar-refractivity contribution is 6.01. The number of nitrogens with one attached hydrogen (secondary N) is 1. The van der Waals surface area contributed by atoms with Crippen LogP contribution in [0.2, 0.25) is 0 Å². The molecule has 4 rings (SSSR count). The fraction of sp³-hybridized carbons (Fsp3) is 0.787. The molecule has 3 amide bonds. The van der Waals surface area contributed by atoms with Gasteiger partial charge in [-0.3, -0.25) is 14.4 Å². The molecule has 1 heterocycles. The van der Waals surface area contributed by atoms with E-state index in [2.05, 4.69) is 42.7 Å². The number of aliphatic hydroxyl groups is 2. The van der Waals surface area contributed by atoms with Crippen LogP contribution in [0.4, 0.5) is 0 Å². The number of rotatable bonds is 18. The second-order valence-corrected chi connectivity index (χ2v) is 18.1. The maximum absolute atomic E-state index is 12.0. The topological polar surface area (TPSA) is 142 Å². The van der Waals surface area contributed by atoms with Crippen LogP contribution in [0.15, 0.2) is 35.5 Å². The summed E-state index contributed by atoms with van der Waals surface area (Å²) in [5, 5.41) is 22.7. The highest BCUT2D eigenvalue weighted by Gasteiger charge is 2.50. The minimum Gasteiger partial charge on any atom is -0.396 e. The first-order valence-electron chi connectivity index (χ1n) is 22.3. The maximum Gasteiger partial charge on any atom is 0.333 e.